The van der Waals surface area contributed by atoms with E-state index in [1.54, 1.807) is 0 Å². The Labute approximate surface area is 130 Å². The van der Waals surface area contributed by atoms with Crippen LogP contribution >= 0.6 is 0 Å². The first kappa shape index (κ1) is 14.6. The Morgan fingerprint density at radius 1 is 0.955 bits per heavy atom. The lowest BCUT2D eigenvalue weighted by atomic mass is 10.3. The Kier molecular flexibility index (Phi) is 4.71. The van der Waals surface area contributed by atoms with Crippen LogP contribution in [0.5, 0.6) is 5.75 Å². The number of aryl methyl sites for hydroxylation is 1. The molecular formula is C18H21N3O. The summed E-state index contributed by atoms with van der Waals surface area (Å²) in [6, 6.07) is 18.1. The number of imidazole rings is 1. The molecule has 0 aliphatic carbocycles. The molecule has 0 saturated heterocycles. The highest BCUT2D eigenvalue weighted by atomic mass is 16.5. The zero-order valence-electron chi connectivity index (χ0n) is 12.6. The first-order chi connectivity index (χ1) is 10.9. The third-order valence-electron chi connectivity index (χ3n) is 3.68. The lowest BCUT2D eigenvalue weighted by Gasteiger charge is -2.10. The number of para-hydroxylation sites is 3. The highest BCUT2D eigenvalue weighted by Crippen LogP contribution is 2.19. The summed E-state index contributed by atoms with van der Waals surface area (Å²) in [6.07, 6.45) is 2.07. The zero-order chi connectivity index (χ0) is 15.2. The average Bonchev–Trinajstić information content (AvgIpc) is 2.92. The largest absolute Gasteiger partial charge is 0.486 e. The Hall–Kier alpha value is -2.33. The third-order valence-corrected chi connectivity index (χ3v) is 3.68. The van der Waals surface area contributed by atoms with Crippen molar-refractivity contribution in [2.75, 3.05) is 6.54 Å². The van der Waals surface area contributed by atoms with Crippen molar-refractivity contribution >= 4 is 11.0 Å². The van der Waals surface area contributed by atoms with Crippen LogP contribution in [-0.2, 0) is 13.2 Å². The summed E-state index contributed by atoms with van der Waals surface area (Å²) in [5.74, 6) is 1.82. The summed E-state index contributed by atoms with van der Waals surface area (Å²) in [5.41, 5.74) is 7.78. The molecule has 0 aliphatic rings. The number of aromatic nitrogens is 2. The second-order valence-corrected chi connectivity index (χ2v) is 5.27. The minimum absolute atomic E-state index is 0.474. The van der Waals surface area contributed by atoms with E-state index >= 15 is 0 Å². The number of hydrogen-bond acceptors (Lipinski definition) is 3. The second kappa shape index (κ2) is 7.09. The summed E-state index contributed by atoms with van der Waals surface area (Å²) >= 11 is 0. The van der Waals surface area contributed by atoms with Gasteiger partial charge in [0, 0.05) is 6.54 Å². The van der Waals surface area contributed by atoms with Crippen LogP contribution in [0.4, 0.5) is 0 Å². The molecule has 22 heavy (non-hydrogen) atoms. The first-order valence-electron chi connectivity index (χ1n) is 7.70. The van der Waals surface area contributed by atoms with E-state index in [1.165, 1.54) is 0 Å². The number of nitrogens with zero attached hydrogens (tertiary/aromatic N) is 2. The Morgan fingerprint density at radius 3 is 2.55 bits per heavy atom. The van der Waals surface area contributed by atoms with Gasteiger partial charge in [-0.1, -0.05) is 30.3 Å². The maximum absolute atomic E-state index is 5.86. The van der Waals surface area contributed by atoms with Crippen LogP contribution in [0.3, 0.4) is 0 Å². The predicted octanol–water partition coefficient (Wildman–Crippen LogP) is 3.35. The van der Waals surface area contributed by atoms with Gasteiger partial charge in [0.1, 0.15) is 18.2 Å². The van der Waals surface area contributed by atoms with Gasteiger partial charge in [0.15, 0.2) is 0 Å². The van der Waals surface area contributed by atoms with Gasteiger partial charge in [-0.3, -0.25) is 0 Å². The molecule has 2 N–H and O–H groups in total. The number of ether oxygens (including phenoxy) is 1. The van der Waals surface area contributed by atoms with Gasteiger partial charge in [0.05, 0.1) is 11.0 Å². The number of hydrogen-bond donors (Lipinski definition) is 1. The molecule has 2 aromatic carbocycles. The van der Waals surface area contributed by atoms with E-state index in [0.717, 1.165) is 48.5 Å². The SMILES string of the molecule is NCCCCn1c(COc2ccccc2)nc2ccccc21. The van der Waals surface area contributed by atoms with Crippen molar-refractivity contribution in [1.29, 1.82) is 0 Å². The van der Waals surface area contributed by atoms with Crippen molar-refractivity contribution in [3.63, 3.8) is 0 Å². The van der Waals surface area contributed by atoms with Gasteiger partial charge in [-0.05, 0) is 43.7 Å². The van der Waals surface area contributed by atoms with Crippen LogP contribution in [-0.4, -0.2) is 16.1 Å². The quantitative estimate of drug-likeness (QED) is 0.680. The van der Waals surface area contributed by atoms with Gasteiger partial charge in [-0.2, -0.15) is 0 Å². The molecule has 0 aliphatic heterocycles. The molecule has 0 saturated carbocycles. The van der Waals surface area contributed by atoms with Crippen molar-refractivity contribution in [2.45, 2.75) is 26.0 Å². The molecule has 4 heteroatoms. The minimum Gasteiger partial charge on any atom is -0.486 e. The molecule has 0 spiro atoms. The van der Waals surface area contributed by atoms with Gasteiger partial charge >= 0.3 is 0 Å². The Balaban J connectivity index is 1.82. The van der Waals surface area contributed by atoms with Crippen LogP contribution in [0.15, 0.2) is 54.6 Å². The van der Waals surface area contributed by atoms with Crippen LogP contribution in [0.2, 0.25) is 0 Å². The van der Waals surface area contributed by atoms with E-state index in [2.05, 4.69) is 10.6 Å². The molecule has 4 nitrogen and oxygen atoms in total. The van der Waals surface area contributed by atoms with Crippen LogP contribution in [0, 0.1) is 0 Å². The molecule has 3 aromatic rings. The number of nitrogens with two attached hydrogens (primary N) is 1. The zero-order valence-corrected chi connectivity index (χ0v) is 12.6. The van der Waals surface area contributed by atoms with Gasteiger partial charge in [0.25, 0.3) is 0 Å². The fraction of sp³-hybridized carbons (Fsp3) is 0.278. The average molecular weight is 295 g/mol. The highest BCUT2D eigenvalue weighted by molar-refractivity contribution is 5.75. The van der Waals surface area contributed by atoms with Crippen LogP contribution < -0.4 is 10.5 Å². The standard InChI is InChI=1S/C18H21N3O/c19-12-6-7-13-21-17-11-5-4-10-16(17)20-18(21)14-22-15-8-2-1-3-9-15/h1-5,8-11H,6-7,12-14,19H2. The summed E-state index contributed by atoms with van der Waals surface area (Å²) < 4.78 is 8.10. The normalized spacial score (nSPS) is 11.0. The van der Waals surface area contributed by atoms with Crippen molar-refractivity contribution < 1.29 is 4.74 Å². The number of fused-ring (bicyclic) bond motifs is 1. The third kappa shape index (κ3) is 3.28. The fourth-order valence-corrected chi connectivity index (χ4v) is 2.56. The van der Waals surface area contributed by atoms with E-state index < -0.39 is 0 Å². The number of unbranched alkanes of at least 4 members (excludes halogenated alkanes) is 1. The molecule has 3 rings (SSSR count). The molecule has 0 bridgehead atoms. The topological polar surface area (TPSA) is 53.1 Å². The number of benzene rings is 2. The smallest absolute Gasteiger partial charge is 0.147 e. The molecule has 0 amide bonds. The Bertz CT molecular complexity index is 722. The lowest BCUT2D eigenvalue weighted by Crippen LogP contribution is -2.09. The molecule has 1 aromatic heterocycles. The monoisotopic (exact) mass is 295 g/mol. The van der Waals surface area contributed by atoms with E-state index in [1.807, 2.05) is 48.5 Å². The summed E-state index contributed by atoms with van der Waals surface area (Å²) in [7, 11) is 0. The molecule has 0 radical (unpaired) electrons. The highest BCUT2D eigenvalue weighted by Gasteiger charge is 2.10. The summed E-state index contributed by atoms with van der Waals surface area (Å²) in [5, 5.41) is 0. The number of rotatable bonds is 7. The van der Waals surface area contributed by atoms with Gasteiger partial charge in [0.2, 0.25) is 0 Å². The maximum Gasteiger partial charge on any atom is 0.147 e. The van der Waals surface area contributed by atoms with Gasteiger partial charge in [-0.25, -0.2) is 4.98 Å². The molecular weight excluding hydrogens is 274 g/mol. The van der Waals surface area contributed by atoms with Crippen LogP contribution in [0.25, 0.3) is 11.0 Å². The molecule has 0 unspecified atom stereocenters. The predicted molar refractivity (Wildman–Crippen MR) is 88.8 cm³/mol. The fourth-order valence-electron chi connectivity index (χ4n) is 2.56. The van der Waals surface area contributed by atoms with E-state index in [9.17, 15) is 0 Å². The van der Waals surface area contributed by atoms with Gasteiger partial charge in [-0.15, -0.1) is 0 Å². The van der Waals surface area contributed by atoms with Crippen molar-refractivity contribution in [2.24, 2.45) is 5.73 Å². The van der Waals surface area contributed by atoms with E-state index in [0.29, 0.717) is 6.61 Å². The van der Waals surface area contributed by atoms with E-state index in [-0.39, 0.29) is 0 Å². The van der Waals surface area contributed by atoms with Crippen molar-refractivity contribution in [3.05, 3.63) is 60.4 Å². The summed E-state index contributed by atoms with van der Waals surface area (Å²) in [6.45, 7) is 2.12. The van der Waals surface area contributed by atoms with Gasteiger partial charge < -0.3 is 15.0 Å². The molecule has 1 heterocycles. The molecule has 114 valence electrons. The second-order valence-electron chi connectivity index (χ2n) is 5.27. The maximum atomic E-state index is 5.86. The molecule has 0 fully saturated rings. The van der Waals surface area contributed by atoms with E-state index in [4.69, 9.17) is 15.5 Å². The Morgan fingerprint density at radius 2 is 1.73 bits per heavy atom. The minimum atomic E-state index is 0.474. The van der Waals surface area contributed by atoms with Crippen LogP contribution in [0.1, 0.15) is 18.7 Å². The first-order valence-corrected chi connectivity index (χ1v) is 7.70. The summed E-state index contributed by atoms with van der Waals surface area (Å²) in [4.78, 5) is 4.71. The van der Waals surface area contributed by atoms with Crippen molar-refractivity contribution in [1.82, 2.24) is 9.55 Å². The molecule has 0 atom stereocenters. The lowest BCUT2D eigenvalue weighted by molar-refractivity contribution is 0.289. The van der Waals surface area contributed by atoms with Crippen molar-refractivity contribution in [3.8, 4) is 5.75 Å².